The summed E-state index contributed by atoms with van der Waals surface area (Å²) >= 11 is 2.22. The normalized spacial score (nSPS) is 13.0. The van der Waals surface area contributed by atoms with Crippen LogP contribution in [0.5, 0.6) is 17.2 Å². The summed E-state index contributed by atoms with van der Waals surface area (Å²) in [6, 6.07) is 15.1. The Kier molecular flexibility index (Phi) is 8.44. The van der Waals surface area contributed by atoms with Gasteiger partial charge in [-0.25, -0.2) is 0 Å². The Morgan fingerprint density at radius 2 is 1.70 bits per heavy atom. The molecular formula is C21H23IO5. The van der Waals surface area contributed by atoms with Crippen molar-refractivity contribution in [2.24, 2.45) is 5.92 Å². The van der Waals surface area contributed by atoms with E-state index in [9.17, 15) is 4.79 Å². The van der Waals surface area contributed by atoms with Gasteiger partial charge in [-0.15, -0.1) is 0 Å². The monoisotopic (exact) mass is 482 g/mol. The van der Waals surface area contributed by atoms with E-state index in [0.717, 1.165) is 15.1 Å². The predicted octanol–water partition coefficient (Wildman–Crippen LogP) is 4.49. The number of hydrogen-bond donors (Lipinski definition) is 0. The maximum atomic E-state index is 11.6. The van der Waals surface area contributed by atoms with E-state index < -0.39 is 0 Å². The Morgan fingerprint density at radius 3 is 2.33 bits per heavy atom. The first-order valence-corrected chi connectivity index (χ1v) is 9.55. The number of rotatable bonds is 9. The SMILES string of the molecule is COC(=O)[C@H](C)C=C[C@@H](COc1ccc(OC)cc1)Oc1ccccc1I. The van der Waals surface area contributed by atoms with Gasteiger partial charge >= 0.3 is 5.97 Å². The molecule has 0 heterocycles. The Labute approximate surface area is 173 Å². The van der Waals surface area contributed by atoms with Gasteiger partial charge in [0.25, 0.3) is 0 Å². The van der Waals surface area contributed by atoms with E-state index in [0.29, 0.717) is 12.4 Å². The summed E-state index contributed by atoms with van der Waals surface area (Å²) in [6.45, 7) is 2.07. The minimum atomic E-state index is -0.366. The molecule has 0 aliphatic heterocycles. The highest BCUT2D eigenvalue weighted by Crippen LogP contribution is 2.22. The van der Waals surface area contributed by atoms with Crippen molar-refractivity contribution in [1.82, 2.24) is 0 Å². The summed E-state index contributed by atoms with van der Waals surface area (Å²) in [4.78, 5) is 11.6. The lowest BCUT2D eigenvalue weighted by Gasteiger charge is -2.18. The van der Waals surface area contributed by atoms with Crippen LogP contribution in [0.15, 0.2) is 60.7 Å². The van der Waals surface area contributed by atoms with Crippen LogP contribution >= 0.6 is 22.6 Å². The highest BCUT2D eigenvalue weighted by Gasteiger charge is 2.14. The number of esters is 1. The van der Waals surface area contributed by atoms with Crippen LogP contribution in [-0.2, 0) is 9.53 Å². The van der Waals surface area contributed by atoms with Gasteiger partial charge in [-0.2, -0.15) is 0 Å². The smallest absolute Gasteiger partial charge is 0.312 e. The maximum Gasteiger partial charge on any atom is 0.312 e. The second-order valence-electron chi connectivity index (χ2n) is 5.77. The standard InChI is InChI=1S/C21H23IO5/c1-15(21(23)25-3)8-9-18(27-20-7-5-4-6-19(20)22)14-26-17-12-10-16(24-2)11-13-17/h4-13,15,18H,14H2,1-3H3/t15-,18+/m1/s1. The van der Waals surface area contributed by atoms with Crippen molar-refractivity contribution in [1.29, 1.82) is 0 Å². The van der Waals surface area contributed by atoms with Crippen molar-refractivity contribution < 1.29 is 23.7 Å². The maximum absolute atomic E-state index is 11.6. The predicted molar refractivity (Wildman–Crippen MR) is 112 cm³/mol. The number of para-hydroxylation sites is 1. The van der Waals surface area contributed by atoms with Crippen LogP contribution in [0, 0.1) is 9.49 Å². The quantitative estimate of drug-likeness (QED) is 0.300. The van der Waals surface area contributed by atoms with Crippen LogP contribution < -0.4 is 14.2 Å². The van der Waals surface area contributed by atoms with Crippen LogP contribution in [0.25, 0.3) is 0 Å². The number of carbonyl (C=O) groups excluding carboxylic acids is 1. The van der Waals surface area contributed by atoms with E-state index >= 15 is 0 Å². The Hall–Kier alpha value is -2.22. The molecule has 0 aromatic heterocycles. The average Bonchev–Trinajstić information content (AvgIpc) is 2.70. The van der Waals surface area contributed by atoms with Gasteiger partial charge in [0.2, 0.25) is 0 Å². The molecule has 0 amide bonds. The van der Waals surface area contributed by atoms with Crippen molar-refractivity contribution >= 4 is 28.6 Å². The minimum absolute atomic E-state index is 0.293. The largest absolute Gasteiger partial charge is 0.497 e. The Bertz CT molecular complexity index is 757. The molecule has 27 heavy (non-hydrogen) atoms. The first-order valence-electron chi connectivity index (χ1n) is 8.47. The minimum Gasteiger partial charge on any atom is -0.497 e. The molecule has 0 saturated heterocycles. The van der Waals surface area contributed by atoms with Crippen LogP contribution in [0.1, 0.15) is 6.92 Å². The van der Waals surface area contributed by atoms with Crippen molar-refractivity contribution in [2.45, 2.75) is 13.0 Å². The highest BCUT2D eigenvalue weighted by atomic mass is 127. The van der Waals surface area contributed by atoms with E-state index in [1.807, 2.05) is 54.6 Å². The van der Waals surface area contributed by atoms with Gasteiger partial charge in [-0.1, -0.05) is 18.2 Å². The molecule has 0 radical (unpaired) electrons. The number of carbonyl (C=O) groups is 1. The molecule has 0 bridgehead atoms. The van der Waals surface area contributed by atoms with Crippen molar-refractivity contribution in [3.05, 3.63) is 64.3 Å². The van der Waals surface area contributed by atoms with Gasteiger partial charge in [-0.3, -0.25) is 4.79 Å². The van der Waals surface area contributed by atoms with Gasteiger partial charge in [-0.05, 0) is 72.0 Å². The average molecular weight is 482 g/mol. The molecule has 144 valence electrons. The third-order valence-corrected chi connectivity index (χ3v) is 4.67. The molecule has 2 aromatic carbocycles. The van der Waals surface area contributed by atoms with Crippen molar-refractivity contribution in [3.8, 4) is 17.2 Å². The van der Waals surface area contributed by atoms with E-state index in [4.69, 9.17) is 18.9 Å². The first kappa shape index (κ1) is 21.1. The fourth-order valence-electron chi connectivity index (χ4n) is 2.24. The molecule has 0 fully saturated rings. The Balaban J connectivity index is 2.09. The van der Waals surface area contributed by atoms with Crippen molar-refractivity contribution in [2.75, 3.05) is 20.8 Å². The van der Waals surface area contributed by atoms with Gasteiger partial charge in [0.05, 0.1) is 23.7 Å². The zero-order chi connectivity index (χ0) is 19.6. The lowest BCUT2D eigenvalue weighted by Crippen LogP contribution is -2.23. The lowest BCUT2D eigenvalue weighted by atomic mass is 10.1. The van der Waals surface area contributed by atoms with E-state index in [-0.39, 0.29) is 18.0 Å². The second kappa shape index (κ2) is 10.8. The number of ether oxygens (including phenoxy) is 4. The molecule has 0 saturated carbocycles. The second-order valence-corrected chi connectivity index (χ2v) is 6.93. The molecule has 0 N–H and O–H groups in total. The van der Waals surface area contributed by atoms with Gasteiger partial charge in [0, 0.05) is 0 Å². The van der Waals surface area contributed by atoms with Crippen LogP contribution in [-0.4, -0.2) is 32.9 Å². The highest BCUT2D eigenvalue weighted by molar-refractivity contribution is 14.1. The summed E-state index contributed by atoms with van der Waals surface area (Å²) in [5, 5.41) is 0. The summed E-state index contributed by atoms with van der Waals surface area (Å²) in [6.07, 6.45) is 3.23. The molecule has 0 aliphatic carbocycles. The van der Waals surface area contributed by atoms with Gasteiger partial charge in [0.1, 0.15) is 23.9 Å². The third kappa shape index (κ3) is 6.78. The van der Waals surface area contributed by atoms with Crippen LogP contribution in [0.3, 0.4) is 0 Å². The number of hydrogen-bond acceptors (Lipinski definition) is 5. The molecule has 0 aliphatic rings. The van der Waals surface area contributed by atoms with E-state index in [2.05, 4.69) is 22.6 Å². The zero-order valence-corrected chi connectivity index (χ0v) is 17.7. The topological polar surface area (TPSA) is 54.0 Å². The molecule has 2 atom stereocenters. The third-order valence-electron chi connectivity index (χ3n) is 3.78. The molecule has 2 aromatic rings. The fraction of sp³-hybridized carbons (Fsp3) is 0.286. The molecule has 5 nitrogen and oxygen atoms in total. The van der Waals surface area contributed by atoms with Crippen LogP contribution in [0.2, 0.25) is 0 Å². The zero-order valence-electron chi connectivity index (χ0n) is 15.6. The number of halogens is 1. The molecule has 0 spiro atoms. The first-order chi connectivity index (χ1) is 13.0. The molecule has 6 heteroatoms. The lowest BCUT2D eigenvalue weighted by molar-refractivity contribution is -0.143. The fourth-order valence-corrected chi connectivity index (χ4v) is 2.75. The molecule has 0 unspecified atom stereocenters. The number of methoxy groups -OCH3 is 2. The summed E-state index contributed by atoms with van der Waals surface area (Å²) in [5.41, 5.74) is 0. The number of benzene rings is 2. The molecule has 2 rings (SSSR count). The van der Waals surface area contributed by atoms with Gasteiger partial charge < -0.3 is 18.9 Å². The Morgan fingerprint density at radius 1 is 1.04 bits per heavy atom. The molecular weight excluding hydrogens is 459 g/mol. The van der Waals surface area contributed by atoms with Gasteiger partial charge in [0.15, 0.2) is 6.10 Å². The van der Waals surface area contributed by atoms with Crippen LogP contribution in [0.4, 0.5) is 0 Å². The summed E-state index contributed by atoms with van der Waals surface area (Å²) in [5.74, 6) is 1.58. The van der Waals surface area contributed by atoms with E-state index in [1.54, 1.807) is 20.1 Å². The summed E-state index contributed by atoms with van der Waals surface area (Å²) in [7, 11) is 2.99. The van der Waals surface area contributed by atoms with E-state index in [1.165, 1.54) is 7.11 Å². The summed E-state index contributed by atoms with van der Waals surface area (Å²) < 4.78 is 22.8. The van der Waals surface area contributed by atoms with Crippen molar-refractivity contribution in [3.63, 3.8) is 0 Å².